The highest BCUT2D eigenvalue weighted by molar-refractivity contribution is 6.57. The molecule has 2 aromatic heterocycles. The van der Waals surface area contributed by atoms with Gasteiger partial charge in [-0.05, 0) is 37.5 Å². The van der Waals surface area contributed by atoms with E-state index < -0.39 is 17.8 Å². The fraction of sp³-hybridized carbons (Fsp3) is 0.250. The molecule has 0 unspecified atom stereocenters. The summed E-state index contributed by atoms with van der Waals surface area (Å²) in [4.78, 5) is 25.2. The van der Waals surface area contributed by atoms with Gasteiger partial charge in [0.2, 0.25) is 5.95 Å². The Morgan fingerprint density at radius 3 is 2.42 bits per heavy atom. The van der Waals surface area contributed by atoms with Crippen molar-refractivity contribution in [3.8, 4) is 17.0 Å². The standard InChI is InChI=1S/C28H33B3F3N7O2/c1-39(2)11-12-40(3)22-14-23(43-4)20(13-19(22)36-26(42)24(32)25(33)34)38-27-35-10-9-18(37-27)17-15-41(28(29,30)31)21-8-6-5-7-16(17)21/h5-10,13-15H,11-12,29-31H2,1-4H3,(H,36,42)(H,35,37,38). The molecule has 0 aliphatic carbocycles. The third kappa shape index (κ3) is 7.16. The number of fused-ring (bicyclic) bond motifs is 1. The molecule has 0 aliphatic heterocycles. The highest BCUT2D eigenvalue weighted by atomic mass is 19.3. The van der Waals surface area contributed by atoms with Gasteiger partial charge in [0.15, 0.2) is 0 Å². The predicted molar refractivity (Wildman–Crippen MR) is 174 cm³/mol. The van der Waals surface area contributed by atoms with E-state index in [1.807, 2.05) is 43.3 Å². The molecule has 4 rings (SSSR count). The van der Waals surface area contributed by atoms with E-state index in [0.29, 0.717) is 35.9 Å². The van der Waals surface area contributed by atoms with Crippen molar-refractivity contribution in [2.45, 2.75) is 5.24 Å². The number of benzene rings is 2. The first kappa shape index (κ1) is 31.5. The molecule has 43 heavy (non-hydrogen) atoms. The predicted octanol–water partition coefficient (Wildman–Crippen LogP) is 2.33. The van der Waals surface area contributed by atoms with Gasteiger partial charge in [-0.3, -0.25) is 4.79 Å². The monoisotopic (exact) mass is 589 g/mol. The third-order valence-corrected chi connectivity index (χ3v) is 6.84. The Morgan fingerprint density at radius 1 is 1.05 bits per heavy atom. The van der Waals surface area contributed by atoms with E-state index in [-0.39, 0.29) is 16.9 Å². The first-order valence-corrected chi connectivity index (χ1v) is 13.6. The van der Waals surface area contributed by atoms with Crippen LogP contribution in [0.15, 0.2) is 66.8 Å². The first-order valence-electron chi connectivity index (χ1n) is 13.6. The number of hydrogen-bond acceptors (Lipinski definition) is 7. The summed E-state index contributed by atoms with van der Waals surface area (Å²) >= 11 is 0. The smallest absolute Gasteiger partial charge is 0.311 e. The highest BCUT2D eigenvalue weighted by Crippen LogP contribution is 2.39. The summed E-state index contributed by atoms with van der Waals surface area (Å²) < 4.78 is 47.3. The average molecular weight is 589 g/mol. The van der Waals surface area contributed by atoms with Crippen molar-refractivity contribution in [3.63, 3.8) is 0 Å². The summed E-state index contributed by atoms with van der Waals surface area (Å²) in [6, 6.07) is 13.0. The molecule has 0 spiro atoms. The summed E-state index contributed by atoms with van der Waals surface area (Å²) in [5.41, 5.74) is 3.53. The molecule has 222 valence electrons. The number of ether oxygens (including phenoxy) is 1. The van der Waals surface area contributed by atoms with E-state index in [1.54, 1.807) is 24.2 Å². The summed E-state index contributed by atoms with van der Waals surface area (Å²) in [6.07, 6.45) is 0.983. The van der Waals surface area contributed by atoms with Gasteiger partial charge in [0, 0.05) is 55.1 Å². The van der Waals surface area contributed by atoms with Crippen LogP contribution < -0.4 is 20.3 Å². The Morgan fingerprint density at radius 2 is 1.77 bits per heavy atom. The van der Waals surface area contributed by atoms with Crippen molar-refractivity contribution in [2.75, 3.05) is 56.9 Å². The van der Waals surface area contributed by atoms with Crippen LogP contribution in [0, 0.1) is 0 Å². The number of carbonyl (C=O) groups excluding carboxylic acids is 1. The molecule has 0 aliphatic rings. The lowest BCUT2D eigenvalue weighted by Crippen LogP contribution is -2.34. The third-order valence-electron chi connectivity index (χ3n) is 6.84. The van der Waals surface area contributed by atoms with E-state index in [4.69, 9.17) is 9.72 Å². The Balaban J connectivity index is 1.76. The van der Waals surface area contributed by atoms with E-state index in [1.165, 1.54) is 13.2 Å². The quantitative estimate of drug-likeness (QED) is 0.205. The number of amides is 1. The van der Waals surface area contributed by atoms with E-state index in [2.05, 4.69) is 56.0 Å². The molecule has 9 nitrogen and oxygen atoms in total. The summed E-state index contributed by atoms with van der Waals surface area (Å²) in [5, 5.41) is 6.25. The van der Waals surface area contributed by atoms with Crippen LogP contribution in [0.25, 0.3) is 22.2 Å². The molecule has 0 saturated carbocycles. The molecule has 0 fully saturated rings. The van der Waals surface area contributed by atoms with Crippen LogP contribution in [0.1, 0.15) is 0 Å². The summed E-state index contributed by atoms with van der Waals surface area (Å²) in [5.74, 6) is -3.12. The molecule has 2 heterocycles. The topological polar surface area (TPSA) is 87.6 Å². The maximum absolute atomic E-state index is 13.8. The minimum Gasteiger partial charge on any atom is -0.494 e. The molecule has 0 bridgehead atoms. The lowest BCUT2D eigenvalue weighted by atomic mass is 9.49. The molecule has 0 atom stereocenters. The molecule has 2 aromatic carbocycles. The van der Waals surface area contributed by atoms with Crippen LogP contribution >= 0.6 is 0 Å². The van der Waals surface area contributed by atoms with Crippen molar-refractivity contribution < 1.29 is 22.7 Å². The number of hydrogen-bond donors (Lipinski definition) is 2. The molecule has 4 aromatic rings. The van der Waals surface area contributed by atoms with Gasteiger partial charge in [-0.2, -0.15) is 13.2 Å². The Bertz CT molecular complexity index is 1670. The minimum absolute atomic E-state index is 0.0929. The van der Waals surface area contributed by atoms with Gasteiger partial charge >= 0.3 is 6.08 Å². The Hall–Kier alpha value is -4.39. The molecular formula is C28H33B3F3N7O2. The lowest BCUT2D eigenvalue weighted by molar-refractivity contribution is -0.114. The molecule has 2 N–H and O–H groups in total. The average Bonchev–Trinajstić information content (AvgIpc) is 3.36. The Labute approximate surface area is 251 Å². The zero-order chi connectivity index (χ0) is 31.5. The molecular weight excluding hydrogens is 556 g/mol. The summed E-state index contributed by atoms with van der Waals surface area (Å²) in [7, 11) is 13.4. The van der Waals surface area contributed by atoms with Gasteiger partial charge in [0.1, 0.15) is 29.3 Å². The fourth-order valence-corrected chi connectivity index (χ4v) is 4.61. The van der Waals surface area contributed by atoms with Crippen molar-refractivity contribution in [3.05, 3.63) is 66.8 Å². The number of nitrogens with zero attached hydrogens (tertiary/aromatic N) is 5. The van der Waals surface area contributed by atoms with Gasteiger partial charge in [0.05, 0.1) is 29.9 Å². The Kier molecular flexibility index (Phi) is 9.44. The van der Waals surface area contributed by atoms with Crippen molar-refractivity contribution in [1.29, 1.82) is 0 Å². The van der Waals surface area contributed by atoms with Crippen LogP contribution in [-0.2, 0) is 10.0 Å². The van der Waals surface area contributed by atoms with Crippen molar-refractivity contribution in [2.24, 2.45) is 0 Å². The molecule has 0 radical (unpaired) electrons. The number of aromatic nitrogens is 3. The molecule has 0 saturated heterocycles. The van der Waals surface area contributed by atoms with Gasteiger partial charge in [-0.15, -0.1) is 0 Å². The van der Waals surface area contributed by atoms with Crippen molar-refractivity contribution in [1.82, 2.24) is 19.4 Å². The number of halogens is 3. The van der Waals surface area contributed by atoms with Gasteiger partial charge in [0.25, 0.3) is 11.7 Å². The lowest BCUT2D eigenvalue weighted by Gasteiger charge is -2.26. The van der Waals surface area contributed by atoms with E-state index >= 15 is 0 Å². The van der Waals surface area contributed by atoms with Gasteiger partial charge in [-0.1, -0.05) is 18.2 Å². The normalized spacial score (nSPS) is 11.4. The first-order chi connectivity index (χ1) is 20.3. The van der Waals surface area contributed by atoms with Crippen LogP contribution in [0.2, 0.25) is 0 Å². The van der Waals surface area contributed by atoms with E-state index in [9.17, 15) is 18.0 Å². The number of rotatable bonds is 11. The second kappa shape index (κ2) is 12.9. The van der Waals surface area contributed by atoms with Gasteiger partial charge < -0.3 is 29.7 Å². The minimum atomic E-state index is -2.70. The van der Waals surface area contributed by atoms with Crippen LogP contribution in [0.5, 0.6) is 5.75 Å². The molecule has 1 amide bonds. The fourth-order valence-electron chi connectivity index (χ4n) is 4.61. The van der Waals surface area contributed by atoms with Crippen LogP contribution in [0.4, 0.5) is 36.2 Å². The number of methoxy groups -OCH3 is 1. The second-order valence-corrected chi connectivity index (χ2v) is 11.3. The van der Waals surface area contributed by atoms with Crippen molar-refractivity contribution >= 4 is 63.4 Å². The number of likely N-dealkylation sites (N-methyl/N-ethyl adjacent to an activating group) is 2. The number of para-hydroxylation sites is 1. The maximum atomic E-state index is 13.8. The number of nitrogens with one attached hydrogen (secondary N) is 2. The van der Waals surface area contributed by atoms with E-state index in [0.717, 1.165) is 16.5 Å². The summed E-state index contributed by atoms with van der Waals surface area (Å²) in [6.45, 7) is 1.18. The largest absolute Gasteiger partial charge is 0.494 e. The highest BCUT2D eigenvalue weighted by Gasteiger charge is 2.22. The number of anilines is 4. The van der Waals surface area contributed by atoms with Crippen LogP contribution in [-0.4, -0.2) is 90.2 Å². The number of carbonyl (C=O) groups is 1. The SMILES string of the molecule is BC(B)(B)n1cc(-c2ccnc(Nc3cc(NC(=O)C(F)=C(F)F)c(N(C)CCN(C)C)cc3OC)n2)c2ccccc21. The van der Waals surface area contributed by atoms with Crippen LogP contribution in [0.3, 0.4) is 0 Å². The maximum Gasteiger partial charge on any atom is 0.311 e. The second-order valence-electron chi connectivity index (χ2n) is 11.3. The zero-order valence-electron chi connectivity index (χ0n) is 25.3. The van der Waals surface area contributed by atoms with Gasteiger partial charge in [-0.25, -0.2) is 9.97 Å². The zero-order valence-corrected chi connectivity index (χ0v) is 25.3. The molecule has 15 heteroatoms.